The summed E-state index contributed by atoms with van der Waals surface area (Å²) in [4.78, 5) is 0. The minimum atomic E-state index is 0.808. The van der Waals surface area contributed by atoms with E-state index in [9.17, 15) is 0 Å². The summed E-state index contributed by atoms with van der Waals surface area (Å²) >= 11 is 0. The van der Waals surface area contributed by atoms with E-state index in [1.807, 2.05) is 0 Å². The molecule has 14 heavy (non-hydrogen) atoms. The molecule has 3 heteroatoms. The predicted octanol–water partition coefficient (Wildman–Crippen LogP) is 1.00. The first-order chi connectivity index (χ1) is 6.93. The van der Waals surface area contributed by atoms with Crippen LogP contribution in [0.5, 0.6) is 0 Å². The Hall–Kier alpha value is -0.120. The van der Waals surface area contributed by atoms with Crippen LogP contribution in [0.15, 0.2) is 0 Å². The van der Waals surface area contributed by atoms with Crippen LogP contribution in [-0.2, 0) is 4.74 Å². The fourth-order valence-electron chi connectivity index (χ4n) is 1.69. The van der Waals surface area contributed by atoms with Gasteiger partial charge in [0.1, 0.15) is 0 Å². The Kier molecular flexibility index (Phi) is 7.01. The molecule has 0 radical (unpaired) electrons. The molecular weight excluding hydrogens is 176 g/mol. The van der Waals surface area contributed by atoms with Crippen molar-refractivity contribution in [2.75, 3.05) is 39.9 Å². The molecular formula is C11H24N2O. The number of ether oxygens (including phenoxy) is 1. The lowest BCUT2D eigenvalue weighted by molar-refractivity contribution is 0.199. The Morgan fingerprint density at radius 1 is 1.07 bits per heavy atom. The van der Waals surface area contributed by atoms with Crippen molar-refractivity contribution in [3.8, 4) is 0 Å². The van der Waals surface area contributed by atoms with E-state index >= 15 is 0 Å². The number of hydrogen-bond acceptors (Lipinski definition) is 3. The molecule has 1 aliphatic rings. The number of hydrogen-bond donors (Lipinski definition) is 2. The van der Waals surface area contributed by atoms with E-state index < -0.39 is 0 Å². The summed E-state index contributed by atoms with van der Waals surface area (Å²) in [5.74, 6) is 1.03. The standard InChI is InChI=1S/C11H24N2O/c1-14-10-9-13-8-7-12-6-5-11-3-2-4-11/h11-13H,2-10H2,1H3. The zero-order valence-corrected chi connectivity index (χ0v) is 9.35. The highest BCUT2D eigenvalue weighted by Gasteiger charge is 2.15. The van der Waals surface area contributed by atoms with Crippen LogP contribution in [0, 0.1) is 5.92 Å². The molecule has 0 atom stereocenters. The maximum absolute atomic E-state index is 4.94. The molecule has 0 aliphatic heterocycles. The number of methoxy groups -OCH3 is 1. The van der Waals surface area contributed by atoms with Crippen molar-refractivity contribution in [2.45, 2.75) is 25.7 Å². The van der Waals surface area contributed by atoms with Gasteiger partial charge in [0.05, 0.1) is 6.61 Å². The molecule has 0 spiro atoms. The third-order valence-corrected chi connectivity index (χ3v) is 2.92. The molecule has 0 bridgehead atoms. The Morgan fingerprint density at radius 2 is 1.79 bits per heavy atom. The van der Waals surface area contributed by atoms with Crippen LogP contribution in [0.1, 0.15) is 25.7 Å². The van der Waals surface area contributed by atoms with E-state index in [0.717, 1.165) is 32.2 Å². The minimum absolute atomic E-state index is 0.808. The molecule has 0 aromatic carbocycles. The van der Waals surface area contributed by atoms with Gasteiger partial charge in [0.15, 0.2) is 0 Å². The summed E-state index contributed by atoms with van der Waals surface area (Å²) in [6.07, 6.45) is 5.77. The van der Waals surface area contributed by atoms with E-state index in [1.54, 1.807) is 7.11 Å². The lowest BCUT2D eigenvalue weighted by Crippen LogP contribution is -2.31. The Morgan fingerprint density at radius 3 is 2.36 bits per heavy atom. The van der Waals surface area contributed by atoms with Crippen LogP contribution in [0.2, 0.25) is 0 Å². The van der Waals surface area contributed by atoms with Crippen LogP contribution in [0.25, 0.3) is 0 Å². The molecule has 0 heterocycles. The van der Waals surface area contributed by atoms with Crippen LogP contribution in [0.3, 0.4) is 0 Å². The lowest BCUT2D eigenvalue weighted by Gasteiger charge is -2.25. The SMILES string of the molecule is COCCNCCNCCC1CCC1. The average Bonchev–Trinajstić information content (AvgIpc) is 2.13. The molecule has 0 saturated heterocycles. The van der Waals surface area contributed by atoms with Gasteiger partial charge in [-0.15, -0.1) is 0 Å². The van der Waals surface area contributed by atoms with E-state index in [2.05, 4.69) is 10.6 Å². The predicted molar refractivity (Wildman–Crippen MR) is 59.6 cm³/mol. The van der Waals surface area contributed by atoms with Crippen molar-refractivity contribution in [2.24, 2.45) is 5.92 Å². The van der Waals surface area contributed by atoms with Crippen molar-refractivity contribution in [3.05, 3.63) is 0 Å². The zero-order valence-electron chi connectivity index (χ0n) is 9.35. The smallest absolute Gasteiger partial charge is 0.0587 e. The largest absolute Gasteiger partial charge is 0.383 e. The highest BCUT2D eigenvalue weighted by Crippen LogP contribution is 2.28. The van der Waals surface area contributed by atoms with Gasteiger partial charge in [0.25, 0.3) is 0 Å². The van der Waals surface area contributed by atoms with Gasteiger partial charge in [-0.2, -0.15) is 0 Å². The normalized spacial score (nSPS) is 16.9. The lowest BCUT2D eigenvalue weighted by atomic mass is 9.83. The van der Waals surface area contributed by atoms with Crippen molar-refractivity contribution in [1.29, 1.82) is 0 Å². The average molecular weight is 200 g/mol. The Labute approximate surface area is 87.6 Å². The summed E-state index contributed by atoms with van der Waals surface area (Å²) in [5, 5.41) is 6.77. The van der Waals surface area contributed by atoms with Crippen LogP contribution in [-0.4, -0.2) is 39.9 Å². The van der Waals surface area contributed by atoms with Crippen molar-refractivity contribution in [1.82, 2.24) is 10.6 Å². The number of rotatable bonds is 9. The van der Waals surface area contributed by atoms with Crippen molar-refractivity contribution >= 4 is 0 Å². The summed E-state index contributed by atoms with van der Waals surface area (Å²) in [5.41, 5.74) is 0. The summed E-state index contributed by atoms with van der Waals surface area (Å²) < 4.78 is 4.94. The molecule has 1 rings (SSSR count). The molecule has 3 nitrogen and oxygen atoms in total. The molecule has 0 aromatic heterocycles. The molecule has 1 fully saturated rings. The van der Waals surface area contributed by atoms with E-state index in [1.165, 1.54) is 32.2 Å². The van der Waals surface area contributed by atoms with Crippen LogP contribution in [0.4, 0.5) is 0 Å². The Bertz CT molecular complexity index is 126. The van der Waals surface area contributed by atoms with Gasteiger partial charge >= 0.3 is 0 Å². The zero-order chi connectivity index (χ0) is 10.1. The second-order valence-corrected chi connectivity index (χ2v) is 4.08. The van der Waals surface area contributed by atoms with Crippen LogP contribution >= 0.6 is 0 Å². The second kappa shape index (κ2) is 8.21. The van der Waals surface area contributed by atoms with E-state index in [4.69, 9.17) is 4.74 Å². The maximum Gasteiger partial charge on any atom is 0.0587 e. The topological polar surface area (TPSA) is 33.3 Å². The fraction of sp³-hybridized carbons (Fsp3) is 1.00. The molecule has 0 amide bonds. The third-order valence-electron chi connectivity index (χ3n) is 2.92. The summed E-state index contributed by atoms with van der Waals surface area (Å²) in [7, 11) is 1.73. The summed E-state index contributed by atoms with van der Waals surface area (Å²) in [6.45, 7) is 5.09. The number of nitrogens with one attached hydrogen (secondary N) is 2. The van der Waals surface area contributed by atoms with Crippen molar-refractivity contribution in [3.63, 3.8) is 0 Å². The fourth-order valence-corrected chi connectivity index (χ4v) is 1.69. The monoisotopic (exact) mass is 200 g/mol. The molecule has 2 N–H and O–H groups in total. The molecule has 1 aliphatic carbocycles. The second-order valence-electron chi connectivity index (χ2n) is 4.08. The van der Waals surface area contributed by atoms with Gasteiger partial charge in [0, 0.05) is 26.7 Å². The molecule has 1 saturated carbocycles. The first-order valence-corrected chi connectivity index (χ1v) is 5.84. The first kappa shape index (κ1) is 12.0. The van der Waals surface area contributed by atoms with Gasteiger partial charge in [0.2, 0.25) is 0 Å². The quantitative estimate of drug-likeness (QED) is 0.545. The van der Waals surface area contributed by atoms with E-state index in [-0.39, 0.29) is 0 Å². The molecule has 84 valence electrons. The van der Waals surface area contributed by atoms with Gasteiger partial charge in [-0.05, 0) is 18.9 Å². The highest BCUT2D eigenvalue weighted by molar-refractivity contribution is 4.70. The minimum Gasteiger partial charge on any atom is -0.383 e. The summed E-state index contributed by atoms with van der Waals surface area (Å²) in [6, 6.07) is 0. The maximum atomic E-state index is 4.94. The third kappa shape index (κ3) is 5.58. The van der Waals surface area contributed by atoms with Crippen LogP contribution < -0.4 is 10.6 Å². The van der Waals surface area contributed by atoms with Gasteiger partial charge in [-0.3, -0.25) is 0 Å². The molecule has 0 unspecified atom stereocenters. The van der Waals surface area contributed by atoms with Crippen molar-refractivity contribution < 1.29 is 4.74 Å². The highest BCUT2D eigenvalue weighted by atomic mass is 16.5. The first-order valence-electron chi connectivity index (χ1n) is 5.84. The van der Waals surface area contributed by atoms with Gasteiger partial charge in [-0.1, -0.05) is 19.3 Å². The molecule has 0 aromatic rings. The van der Waals surface area contributed by atoms with Gasteiger partial charge in [-0.25, -0.2) is 0 Å². The Balaban J connectivity index is 1.67. The van der Waals surface area contributed by atoms with Gasteiger partial charge < -0.3 is 15.4 Å². The van der Waals surface area contributed by atoms with E-state index in [0.29, 0.717) is 0 Å².